The van der Waals surface area contributed by atoms with Crippen LogP contribution in [0.4, 0.5) is 0 Å². The highest BCUT2D eigenvalue weighted by atomic mass is 14.0. The Morgan fingerprint density at radius 3 is 2.43 bits per heavy atom. The van der Waals surface area contributed by atoms with E-state index in [1.807, 2.05) is 18.2 Å². The van der Waals surface area contributed by atoms with Crippen LogP contribution in [-0.2, 0) is 0 Å². The quantitative estimate of drug-likeness (QED) is 0.628. The van der Waals surface area contributed by atoms with Crippen LogP contribution in [0, 0.1) is 19.9 Å². The molecule has 0 aliphatic rings. The first-order valence-electron chi connectivity index (χ1n) is 4.81. The summed E-state index contributed by atoms with van der Waals surface area (Å²) < 4.78 is 0. The fourth-order valence-corrected chi connectivity index (χ4v) is 1.49. The van der Waals surface area contributed by atoms with Gasteiger partial charge in [-0.2, -0.15) is 0 Å². The van der Waals surface area contributed by atoms with Gasteiger partial charge in [-0.15, -0.1) is 0 Å². The SMILES string of the molecule is Cc1ccc(-c2c[c]ccc2)cc1C. The third-order valence-electron chi connectivity index (χ3n) is 2.55. The molecule has 2 aromatic carbocycles. The maximum absolute atomic E-state index is 3.09. The lowest BCUT2D eigenvalue weighted by atomic mass is 10.0. The van der Waals surface area contributed by atoms with Crippen molar-refractivity contribution >= 4 is 0 Å². The Balaban J connectivity index is 2.48. The van der Waals surface area contributed by atoms with E-state index in [4.69, 9.17) is 0 Å². The largest absolute Gasteiger partial charge is 0.0610 e. The molecule has 2 aromatic rings. The van der Waals surface area contributed by atoms with E-state index in [1.165, 1.54) is 22.3 Å². The average molecular weight is 181 g/mol. The molecule has 0 saturated heterocycles. The third-order valence-corrected chi connectivity index (χ3v) is 2.55. The highest BCUT2D eigenvalue weighted by Gasteiger charge is 1.98. The van der Waals surface area contributed by atoms with Gasteiger partial charge in [0.2, 0.25) is 0 Å². The molecule has 0 aromatic heterocycles. The molecular weight excluding hydrogens is 168 g/mol. The first kappa shape index (κ1) is 9.01. The second-order valence-electron chi connectivity index (χ2n) is 3.59. The van der Waals surface area contributed by atoms with Gasteiger partial charge in [-0.25, -0.2) is 0 Å². The Hall–Kier alpha value is -1.56. The molecule has 0 saturated carbocycles. The number of aryl methyl sites for hydroxylation is 2. The summed E-state index contributed by atoms with van der Waals surface area (Å²) >= 11 is 0. The van der Waals surface area contributed by atoms with Crippen LogP contribution in [0.25, 0.3) is 11.1 Å². The third kappa shape index (κ3) is 1.69. The van der Waals surface area contributed by atoms with Crippen LogP contribution in [0.3, 0.4) is 0 Å². The van der Waals surface area contributed by atoms with Crippen molar-refractivity contribution in [2.75, 3.05) is 0 Å². The predicted molar refractivity (Wildman–Crippen MR) is 60.2 cm³/mol. The molecule has 0 amide bonds. The van der Waals surface area contributed by atoms with E-state index in [9.17, 15) is 0 Å². The van der Waals surface area contributed by atoms with Gasteiger partial charge in [0.05, 0.1) is 0 Å². The highest BCUT2D eigenvalue weighted by molar-refractivity contribution is 5.64. The zero-order valence-corrected chi connectivity index (χ0v) is 8.54. The Morgan fingerprint density at radius 2 is 1.79 bits per heavy atom. The van der Waals surface area contributed by atoms with Crippen molar-refractivity contribution in [3.05, 3.63) is 59.7 Å². The van der Waals surface area contributed by atoms with Crippen molar-refractivity contribution in [2.45, 2.75) is 13.8 Å². The summed E-state index contributed by atoms with van der Waals surface area (Å²) in [6.07, 6.45) is 0. The molecule has 0 N–H and O–H groups in total. The van der Waals surface area contributed by atoms with Gasteiger partial charge in [-0.3, -0.25) is 0 Å². The summed E-state index contributed by atoms with van der Waals surface area (Å²) in [5, 5.41) is 0. The van der Waals surface area contributed by atoms with Gasteiger partial charge in [-0.1, -0.05) is 36.4 Å². The summed E-state index contributed by atoms with van der Waals surface area (Å²) in [7, 11) is 0. The Kier molecular flexibility index (Phi) is 2.36. The number of hydrogen-bond acceptors (Lipinski definition) is 0. The molecule has 0 heterocycles. The number of benzene rings is 2. The Bertz CT molecular complexity index is 427. The maximum Gasteiger partial charge on any atom is -0.0178 e. The molecule has 1 radical (unpaired) electrons. The first-order valence-corrected chi connectivity index (χ1v) is 4.81. The fourth-order valence-electron chi connectivity index (χ4n) is 1.49. The van der Waals surface area contributed by atoms with Crippen molar-refractivity contribution < 1.29 is 0 Å². The molecule has 0 atom stereocenters. The lowest BCUT2D eigenvalue weighted by molar-refractivity contribution is 1.34. The average Bonchev–Trinajstić information content (AvgIpc) is 2.23. The number of rotatable bonds is 1. The van der Waals surface area contributed by atoms with Gasteiger partial charge in [-0.05, 0) is 48.2 Å². The van der Waals surface area contributed by atoms with Crippen LogP contribution in [-0.4, -0.2) is 0 Å². The number of hydrogen-bond donors (Lipinski definition) is 0. The molecule has 14 heavy (non-hydrogen) atoms. The van der Waals surface area contributed by atoms with Gasteiger partial charge < -0.3 is 0 Å². The Labute approximate surface area is 85.2 Å². The summed E-state index contributed by atoms with van der Waals surface area (Å²) in [6, 6.07) is 17.7. The van der Waals surface area contributed by atoms with Crippen LogP contribution in [0.1, 0.15) is 11.1 Å². The van der Waals surface area contributed by atoms with Gasteiger partial charge in [0, 0.05) is 0 Å². The van der Waals surface area contributed by atoms with Crippen LogP contribution in [0.5, 0.6) is 0 Å². The molecule has 0 bridgehead atoms. The van der Waals surface area contributed by atoms with Crippen molar-refractivity contribution in [3.8, 4) is 11.1 Å². The van der Waals surface area contributed by atoms with Gasteiger partial charge in [0.15, 0.2) is 0 Å². The molecule has 0 aliphatic heterocycles. The molecule has 0 nitrogen and oxygen atoms in total. The molecule has 69 valence electrons. The molecule has 0 spiro atoms. The fraction of sp³-hybridized carbons (Fsp3) is 0.143. The van der Waals surface area contributed by atoms with Crippen LogP contribution >= 0.6 is 0 Å². The van der Waals surface area contributed by atoms with Crippen molar-refractivity contribution in [2.24, 2.45) is 0 Å². The van der Waals surface area contributed by atoms with E-state index >= 15 is 0 Å². The second-order valence-corrected chi connectivity index (χ2v) is 3.59. The molecular formula is C14H13. The minimum absolute atomic E-state index is 1.23. The zero-order valence-electron chi connectivity index (χ0n) is 8.54. The van der Waals surface area contributed by atoms with Crippen LogP contribution in [0.2, 0.25) is 0 Å². The first-order chi connectivity index (χ1) is 6.77. The van der Waals surface area contributed by atoms with E-state index in [0.717, 1.165) is 0 Å². The van der Waals surface area contributed by atoms with E-state index in [2.05, 4.69) is 44.2 Å². The molecule has 0 heteroatoms. The molecule has 0 aliphatic carbocycles. The van der Waals surface area contributed by atoms with E-state index < -0.39 is 0 Å². The zero-order chi connectivity index (χ0) is 9.97. The summed E-state index contributed by atoms with van der Waals surface area (Å²) in [5.41, 5.74) is 5.18. The standard InChI is InChI=1S/C14H13/c1-11-8-9-14(10-12(11)2)13-6-4-3-5-7-13/h3-4,6-10H,1-2H3. The topological polar surface area (TPSA) is 0 Å². The van der Waals surface area contributed by atoms with Crippen LogP contribution in [0.15, 0.2) is 42.5 Å². The van der Waals surface area contributed by atoms with Gasteiger partial charge in [0.25, 0.3) is 0 Å². The van der Waals surface area contributed by atoms with Gasteiger partial charge in [0.1, 0.15) is 0 Å². The normalized spacial score (nSPS) is 10.1. The lowest BCUT2D eigenvalue weighted by Crippen LogP contribution is -1.82. The molecule has 0 unspecified atom stereocenters. The molecule has 0 fully saturated rings. The van der Waals surface area contributed by atoms with Crippen molar-refractivity contribution in [3.63, 3.8) is 0 Å². The molecule has 2 rings (SSSR count). The van der Waals surface area contributed by atoms with Crippen LogP contribution < -0.4 is 0 Å². The van der Waals surface area contributed by atoms with E-state index in [0.29, 0.717) is 0 Å². The lowest BCUT2D eigenvalue weighted by Gasteiger charge is -2.04. The highest BCUT2D eigenvalue weighted by Crippen LogP contribution is 2.21. The summed E-state index contributed by atoms with van der Waals surface area (Å²) in [5.74, 6) is 0. The van der Waals surface area contributed by atoms with Gasteiger partial charge >= 0.3 is 0 Å². The van der Waals surface area contributed by atoms with Crippen molar-refractivity contribution in [1.29, 1.82) is 0 Å². The summed E-state index contributed by atoms with van der Waals surface area (Å²) in [4.78, 5) is 0. The Morgan fingerprint density at radius 1 is 0.929 bits per heavy atom. The second kappa shape index (κ2) is 3.67. The smallest absolute Gasteiger partial charge is 0.0178 e. The minimum atomic E-state index is 1.23. The maximum atomic E-state index is 3.09. The van der Waals surface area contributed by atoms with E-state index in [-0.39, 0.29) is 0 Å². The van der Waals surface area contributed by atoms with Crippen molar-refractivity contribution in [1.82, 2.24) is 0 Å². The van der Waals surface area contributed by atoms with E-state index in [1.54, 1.807) is 0 Å². The summed E-state index contributed by atoms with van der Waals surface area (Å²) in [6.45, 7) is 4.28. The predicted octanol–water partition coefficient (Wildman–Crippen LogP) is 3.77. The minimum Gasteiger partial charge on any atom is -0.0610 e. The monoisotopic (exact) mass is 181 g/mol.